The zero-order chi connectivity index (χ0) is 21.8. The number of halogens is 3. The highest BCUT2D eigenvalue weighted by Gasteiger charge is 2.46. The molecule has 10 heteroatoms. The fraction of sp³-hybridized carbons (Fsp3) is 0.650. The highest BCUT2D eigenvalue weighted by Crippen LogP contribution is 2.40. The van der Waals surface area contributed by atoms with Gasteiger partial charge < -0.3 is 10.2 Å². The maximum atomic E-state index is 13.5. The van der Waals surface area contributed by atoms with Crippen LogP contribution < -0.4 is 5.32 Å². The van der Waals surface area contributed by atoms with Gasteiger partial charge in [-0.25, -0.2) is 4.68 Å². The Morgan fingerprint density at radius 1 is 1.27 bits per heavy atom. The first-order chi connectivity index (χ1) is 14.0. The number of nitrogens with one attached hydrogen (secondary N) is 1. The molecule has 0 spiro atoms. The predicted octanol–water partition coefficient (Wildman–Crippen LogP) is 3.68. The summed E-state index contributed by atoms with van der Waals surface area (Å²) < 4.78 is 43.1. The minimum Gasteiger partial charge on any atom is -0.368 e. The molecule has 3 atom stereocenters. The van der Waals surface area contributed by atoms with E-state index in [1.54, 1.807) is 29.6 Å². The van der Waals surface area contributed by atoms with Gasteiger partial charge in [0.25, 0.3) is 5.91 Å². The number of nitrogens with zero attached hydrogens (tertiary/aromatic N) is 5. The molecule has 0 unspecified atom stereocenters. The molecule has 1 amide bonds. The second kappa shape index (κ2) is 7.31. The van der Waals surface area contributed by atoms with Gasteiger partial charge in [-0.05, 0) is 31.7 Å². The van der Waals surface area contributed by atoms with E-state index < -0.39 is 12.2 Å². The van der Waals surface area contributed by atoms with Crippen LogP contribution in [0.15, 0.2) is 12.1 Å². The number of aromatic nitrogens is 4. The van der Waals surface area contributed by atoms with Gasteiger partial charge in [0.1, 0.15) is 11.5 Å². The largest absolute Gasteiger partial charge is 0.410 e. The molecule has 0 bridgehead atoms. The molecular formula is C20H27F3N6O. The number of likely N-dealkylation sites (tertiary alicyclic amines) is 1. The SMILES string of the molecule is CC(C)c1cc(C(=O)N2CC[C@@H](c3cc4n(n3)[C@@H](C(F)(F)F)C[C@@H](C)N4)C2)n(C)n1. The minimum absolute atomic E-state index is 0.0500. The maximum absolute atomic E-state index is 13.5. The summed E-state index contributed by atoms with van der Waals surface area (Å²) in [6, 6.07) is 1.61. The number of anilines is 1. The number of hydrogen-bond donors (Lipinski definition) is 1. The number of carbonyl (C=O) groups excluding carboxylic acids is 1. The first-order valence-corrected chi connectivity index (χ1v) is 10.3. The lowest BCUT2D eigenvalue weighted by Crippen LogP contribution is -2.37. The summed E-state index contributed by atoms with van der Waals surface area (Å²) in [6.07, 6.45) is -3.73. The van der Waals surface area contributed by atoms with E-state index in [0.717, 1.165) is 10.4 Å². The van der Waals surface area contributed by atoms with Crippen molar-refractivity contribution in [2.24, 2.45) is 7.05 Å². The first-order valence-electron chi connectivity index (χ1n) is 10.3. The lowest BCUT2D eigenvalue weighted by atomic mass is 10.0. The van der Waals surface area contributed by atoms with Gasteiger partial charge in [-0.2, -0.15) is 23.4 Å². The van der Waals surface area contributed by atoms with E-state index in [-0.39, 0.29) is 30.2 Å². The zero-order valence-corrected chi connectivity index (χ0v) is 17.6. The summed E-state index contributed by atoms with van der Waals surface area (Å²) in [5, 5.41) is 11.8. The van der Waals surface area contributed by atoms with Gasteiger partial charge in [0, 0.05) is 38.2 Å². The highest BCUT2D eigenvalue weighted by atomic mass is 19.4. The van der Waals surface area contributed by atoms with Crippen molar-refractivity contribution in [1.82, 2.24) is 24.5 Å². The number of hydrogen-bond acceptors (Lipinski definition) is 4. The van der Waals surface area contributed by atoms with Crippen molar-refractivity contribution in [1.29, 1.82) is 0 Å². The van der Waals surface area contributed by atoms with Crippen molar-refractivity contribution in [2.75, 3.05) is 18.4 Å². The van der Waals surface area contributed by atoms with Crippen LogP contribution >= 0.6 is 0 Å². The lowest BCUT2D eigenvalue weighted by Gasteiger charge is -2.31. The highest BCUT2D eigenvalue weighted by molar-refractivity contribution is 5.93. The van der Waals surface area contributed by atoms with E-state index in [1.165, 1.54) is 0 Å². The molecule has 0 radical (unpaired) electrons. The average Bonchev–Trinajstić information content (AvgIpc) is 3.36. The lowest BCUT2D eigenvalue weighted by molar-refractivity contribution is -0.173. The average molecular weight is 424 g/mol. The number of rotatable bonds is 3. The Bertz CT molecular complexity index is 947. The molecule has 4 rings (SSSR count). The monoisotopic (exact) mass is 424 g/mol. The van der Waals surface area contributed by atoms with Gasteiger partial charge in [0.05, 0.1) is 11.4 Å². The second-order valence-corrected chi connectivity index (χ2v) is 8.71. The number of carbonyl (C=O) groups is 1. The molecule has 2 aliphatic rings. The third-order valence-corrected chi connectivity index (χ3v) is 6.00. The van der Waals surface area contributed by atoms with Gasteiger partial charge >= 0.3 is 6.18 Å². The first kappa shape index (κ1) is 20.7. The van der Waals surface area contributed by atoms with Crippen LogP contribution in [0.25, 0.3) is 0 Å². The van der Waals surface area contributed by atoms with Gasteiger partial charge in [-0.3, -0.25) is 9.48 Å². The normalized spacial score (nSPS) is 24.3. The van der Waals surface area contributed by atoms with E-state index in [2.05, 4.69) is 15.5 Å². The quantitative estimate of drug-likeness (QED) is 0.816. The Morgan fingerprint density at radius 2 is 2.00 bits per heavy atom. The molecule has 0 aliphatic carbocycles. The summed E-state index contributed by atoms with van der Waals surface area (Å²) in [6.45, 7) is 6.76. The molecule has 2 aromatic heterocycles. The van der Waals surface area contributed by atoms with E-state index in [0.29, 0.717) is 36.7 Å². The van der Waals surface area contributed by atoms with Crippen molar-refractivity contribution in [3.8, 4) is 0 Å². The summed E-state index contributed by atoms with van der Waals surface area (Å²) in [5.74, 6) is 0.417. The van der Waals surface area contributed by atoms with Crippen LogP contribution in [0.5, 0.6) is 0 Å². The summed E-state index contributed by atoms with van der Waals surface area (Å²) in [4.78, 5) is 14.7. The Kier molecular flexibility index (Phi) is 5.06. The Balaban J connectivity index is 1.52. The van der Waals surface area contributed by atoms with Crippen LogP contribution in [0.1, 0.15) is 73.4 Å². The van der Waals surface area contributed by atoms with Gasteiger partial charge in [-0.1, -0.05) is 13.8 Å². The molecule has 1 saturated heterocycles. The van der Waals surface area contributed by atoms with Crippen molar-refractivity contribution < 1.29 is 18.0 Å². The van der Waals surface area contributed by atoms with Gasteiger partial charge in [-0.15, -0.1) is 0 Å². The third kappa shape index (κ3) is 3.67. The molecule has 1 N–H and O–H groups in total. The van der Waals surface area contributed by atoms with Crippen molar-refractivity contribution >= 4 is 11.7 Å². The molecule has 0 aromatic carbocycles. The molecule has 30 heavy (non-hydrogen) atoms. The molecule has 7 nitrogen and oxygen atoms in total. The van der Waals surface area contributed by atoms with Crippen molar-refractivity contribution in [3.05, 3.63) is 29.2 Å². The molecule has 4 heterocycles. The van der Waals surface area contributed by atoms with E-state index in [1.807, 2.05) is 19.9 Å². The summed E-state index contributed by atoms with van der Waals surface area (Å²) in [5.41, 5.74) is 1.98. The summed E-state index contributed by atoms with van der Waals surface area (Å²) in [7, 11) is 1.75. The smallest absolute Gasteiger partial charge is 0.368 e. The topological polar surface area (TPSA) is 68.0 Å². The van der Waals surface area contributed by atoms with Crippen LogP contribution in [-0.2, 0) is 7.05 Å². The number of amides is 1. The fourth-order valence-corrected chi connectivity index (χ4v) is 4.30. The van der Waals surface area contributed by atoms with Crippen molar-refractivity contribution in [3.63, 3.8) is 0 Å². The minimum atomic E-state index is -4.35. The Hall–Kier alpha value is -2.52. The van der Waals surface area contributed by atoms with E-state index in [9.17, 15) is 18.0 Å². The third-order valence-electron chi connectivity index (χ3n) is 6.00. The standard InChI is InChI=1S/C20H27F3N6O/c1-11(2)14-8-16(27(4)25-14)19(30)28-6-5-13(10-28)15-9-18-24-12(3)7-17(20(21,22)23)29(18)26-15/h8-9,11-13,17,24H,5-7,10H2,1-4H3/t12-,13-,17-/m1/s1. The van der Waals surface area contributed by atoms with E-state index in [4.69, 9.17) is 0 Å². The van der Waals surface area contributed by atoms with E-state index >= 15 is 0 Å². The van der Waals surface area contributed by atoms with Crippen LogP contribution in [0.2, 0.25) is 0 Å². The zero-order valence-electron chi connectivity index (χ0n) is 17.6. The Labute approximate surface area is 173 Å². The molecule has 0 saturated carbocycles. The van der Waals surface area contributed by atoms with Crippen LogP contribution in [0, 0.1) is 0 Å². The predicted molar refractivity (Wildman–Crippen MR) is 106 cm³/mol. The molecule has 1 fully saturated rings. The number of aryl methyl sites for hydroxylation is 1. The summed E-state index contributed by atoms with van der Waals surface area (Å²) >= 11 is 0. The number of alkyl halides is 3. The van der Waals surface area contributed by atoms with Crippen LogP contribution in [-0.4, -0.2) is 55.7 Å². The second-order valence-electron chi connectivity index (χ2n) is 8.71. The molecule has 2 aliphatic heterocycles. The maximum Gasteiger partial charge on any atom is 0.410 e. The van der Waals surface area contributed by atoms with Gasteiger partial charge in [0.2, 0.25) is 0 Å². The van der Waals surface area contributed by atoms with Gasteiger partial charge in [0.15, 0.2) is 6.04 Å². The molecule has 164 valence electrons. The van der Waals surface area contributed by atoms with Crippen LogP contribution in [0.4, 0.5) is 19.0 Å². The van der Waals surface area contributed by atoms with Crippen LogP contribution in [0.3, 0.4) is 0 Å². The molecule has 2 aromatic rings. The van der Waals surface area contributed by atoms with Crippen molar-refractivity contribution in [2.45, 2.75) is 63.7 Å². The number of fused-ring (bicyclic) bond motifs is 1. The fourth-order valence-electron chi connectivity index (χ4n) is 4.30. The molecular weight excluding hydrogens is 397 g/mol. The Morgan fingerprint density at radius 3 is 2.63 bits per heavy atom.